The Morgan fingerprint density at radius 2 is 1.86 bits per heavy atom. The second kappa shape index (κ2) is 10.1. The van der Waals surface area contributed by atoms with Crippen LogP contribution in [-0.2, 0) is 30.3 Å². The van der Waals surface area contributed by atoms with E-state index >= 15 is 0 Å². The van der Waals surface area contributed by atoms with Gasteiger partial charge in [0.05, 0.1) is 6.61 Å². The number of ether oxygens (including phenoxy) is 2. The Balaban J connectivity index is 1.84. The molecule has 0 spiro atoms. The van der Waals surface area contributed by atoms with E-state index in [0.29, 0.717) is 19.4 Å². The molecular formula is C20H28N2O6. The van der Waals surface area contributed by atoms with Crippen molar-refractivity contribution < 1.29 is 29.0 Å². The molecule has 0 saturated carbocycles. The number of esters is 1. The van der Waals surface area contributed by atoms with Gasteiger partial charge in [0.2, 0.25) is 5.91 Å². The molecule has 3 atom stereocenters. The third-order valence-corrected chi connectivity index (χ3v) is 4.26. The molecule has 0 bridgehead atoms. The van der Waals surface area contributed by atoms with Crippen LogP contribution in [-0.4, -0.2) is 54.3 Å². The normalized spacial score (nSPS) is 19.0. The molecule has 0 radical (unpaired) electrons. The van der Waals surface area contributed by atoms with Gasteiger partial charge in [-0.15, -0.1) is 0 Å². The highest BCUT2D eigenvalue weighted by atomic mass is 16.6. The number of benzene rings is 1. The van der Waals surface area contributed by atoms with Crippen LogP contribution in [0.4, 0.5) is 0 Å². The Morgan fingerprint density at radius 1 is 1.18 bits per heavy atom. The molecule has 0 unspecified atom stereocenters. The molecule has 1 aliphatic heterocycles. The fourth-order valence-electron chi connectivity index (χ4n) is 2.79. The quantitative estimate of drug-likeness (QED) is 0.403. The van der Waals surface area contributed by atoms with Crippen molar-refractivity contribution in [3.05, 3.63) is 29.8 Å². The molecule has 1 heterocycles. The van der Waals surface area contributed by atoms with Crippen LogP contribution in [0.25, 0.3) is 0 Å². The number of phenolic OH excluding ortho intramolecular Hbond substituents is 1. The summed E-state index contributed by atoms with van der Waals surface area (Å²) in [5.41, 5.74) is 0.978. The van der Waals surface area contributed by atoms with Crippen molar-refractivity contribution in [3.8, 4) is 5.75 Å². The van der Waals surface area contributed by atoms with Gasteiger partial charge in [-0.1, -0.05) is 26.0 Å². The van der Waals surface area contributed by atoms with E-state index in [1.54, 1.807) is 31.2 Å². The molecule has 2 rings (SSSR count). The number of rotatable bonds is 10. The number of nitrogens with one attached hydrogen (secondary N) is 2. The maximum atomic E-state index is 12.5. The topological polar surface area (TPSA) is 117 Å². The van der Waals surface area contributed by atoms with E-state index in [4.69, 9.17) is 9.47 Å². The lowest BCUT2D eigenvalue weighted by atomic mass is 10.0. The summed E-state index contributed by atoms with van der Waals surface area (Å²) in [5, 5.41) is 14.8. The molecule has 1 fully saturated rings. The highest BCUT2D eigenvalue weighted by molar-refractivity contribution is 5.95. The zero-order valence-corrected chi connectivity index (χ0v) is 16.4. The first-order chi connectivity index (χ1) is 13.3. The first-order valence-electron chi connectivity index (χ1n) is 9.49. The lowest BCUT2D eigenvalue weighted by molar-refractivity contribution is -0.144. The van der Waals surface area contributed by atoms with Crippen LogP contribution in [0, 0.1) is 5.92 Å². The average Bonchev–Trinajstić information content (AvgIpc) is 3.43. The zero-order valence-electron chi connectivity index (χ0n) is 16.4. The summed E-state index contributed by atoms with van der Waals surface area (Å²) < 4.78 is 9.92. The number of hydrogen-bond acceptors (Lipinski definition) is 6. The number of carbonyl (C=O) groups excluding carboxylic acids is 3. The molecule has 1 saturated heterocycles. The molecule has 1 aromatic rings. The summed E-state index contributed by atoms with van der Waals surface area (Å²) in [4.78, 5) is 36.4. The van der Waals surface area contributed by atoms with Crippen LogP contribution in [0.15, 0.2) is 24.3 Å². The van der Waals surface area contributed by atoms with Gasteiger partial charge in [0, 0.05) is 6.54 Å². The van der Waals surface area contributed by atoms with Gasteiger partial charge >= 0.3 is 5.97 Å². The molecule has 3 N–H and O–H groups in total. The molecule has 1 aliphatic rings. The standard InChI is InChI=1S/C20H28N2O6/c1-4-27-20(26)17-16(28-17)19(25)22-15(11-12(2)3)18(24)21-10-9-13-5-7-14(23)8-6-13/h5-8,12,15-17,23H,4,9-11H2,1-3H3,(H,21,24)(H,22,25)/t15-,16-,17+/m1/s1. The van der Waals surface area contributed by atoms with E-state index in [1.807, 2.05) is 13.8 Å². The second-order valence-corrected chi connectivity index (χ2v) is 7.13. The SMILES string of the molecule is CCOC(=O)[C@H]1O[C@H]1C(=O)N[C@H](CC(C)C)C(=O)NCCc1ccc(O)cc1. The Kier molecular flexibility index (Phi) is 7.80. The van der Waals surface area contributed by atoms with E-state index in [9.17, 15) is 19.5 Å². The molecule has 0 aliphatic carbocycles. The van der Waals surface area contributed by atoms with Gasteiger partial charge in [-0.3, -0.25) is 9.59 Å². The predicted octanol–water partition coefficient (Wildman–Crippen LogP) is 0.912. The van der Waals surface area contributed by atoms with Gasteiger partial charge in [-0.05, 0) is 43.4 Å². The smallest absolute Gasteiger partial charge is 0.338 e. The third kappa shape index (κ3) is 6.53. The van der Waals surface area contributed by atoms with Crippen LogP contribution in [0.1, 0.15) is 32.8 Å². The molecule has 2 amide bonds. The summed E-state index contributed by atoms with van der Waals surface area (Å²) >= 11 is 0. The number of carbonyl (C=O) groups is 3. The summed E-state index contributed by atoms with van der Waals surface area (Å²) in [6, 6.07) is 6.05. The van der Waals surface area contributed by atoms with Crippen LogP contribution in [0.2, 0.25) is 0 Å². The monoisotopic (exact) mass is 392 g/mol. The van der Waals surface area contributed by atoms with Crippen molar-refractivity contribution in [1.29, 1.82) is 0 Å². The molecule has 154 valence electrons. The zero-order chi connectivity index (χ0) is 20.7. The second-order valence-electron chi connectivity index (χ2n) is 7.13. The van der Waals surface area contributed by atoms with Crippen molar-refractivity contribution in [2.24, 2.45) is 5.92 Å². The fourth-order valence-corrected chi connectivity index (χ4v) is 2.79. The van der Waals surface area contributed by atoms with E-state index in [1.165, 1.54) is 0 Å². The number of hydrogen-bond donors (Lipinski definition) is 3. The Labute approximate surface area is 164 Å². The minimum atomic E-state index is -0.904. The van der Waals surface area contributed by atoms with Crippen molar-refractivity contribution >= 4 is 17.8 Å². The minimum absolute atomic E-state index is 0.189. The average molecular weight is 392 g/mol. The molecule has 1 aromatic carbocycles. The highest BCUT2D eigenvalue weighted by Gasteiger charge is 2.52. The maximum Gasteiger partial charge on any atom is 0.338 e. The largest absolute Gasteiger partial charge is 0.508 e. The summed E-state index contributed by atoms with van der Waals surface area (Å²) in [6.45, 7) is 6.21. The first kappa shape index (κ1) is 21.7. The Hall–Kier alpha value is -2.61. The summed E-state index contributed by atoms with van der Waals surface area (Å²) in [6.07, 6.45) is -0.728. The van der Waals surface area contributed by atoms with E-state index < -0.39 is 30.1 Å². The highest BCUT2D eigenvalue weighted by Crippen LogP contribution is 2.24. The van der Waals surface area contributed by atoms with Gasteiger partial charge in [0.1, 0.15) is 11.8 Å². The number of aromatic hydroxyl groups is 1. The molecule has 8 heteroatoms. The van der Waals surface area contributed by atoms with Gasteiger partial charge < -0.3 is 25.2 Å². The van der Waals surface area contributed by atoms with Gasteiger partial charge in [-0.25, -0.2) is 4.79 Å². The number of epoxide rings is 1. The maximum absolute atomic E-state index is 12.5. The fraction of sp³-hybridized carbons (Fsp3) is 0.550. The lowest BCUT2D eigenvalue weighted by Gasteiger charge is -2.20. The van der Waals surface area contributed by atoms with E-state index in [0.717, 1.165) is 5.56 Å². The van der Waals surface area contributed by atoms with Gasteiger partial charge in [0.15, 0.2) is 12.2 Å². The van der Waals surface area contributed by atoms with Crippen LogP contribution in [0.3, 0.4) is 0 Å². The Bertz CT molecular complexity index is 688. The molecule has 28 heavy (non-hydrogen) atoms. The third-order valence-electron chi connectivity index (χ3n) is 4.26. The molecular weight excluding hydrogens is 364 g/mol. The van der Waals surface area contributed by atoms with E-state index in [2.05, 4.69) is 10.6 Å². The predicted molar refractivity (Wildman–Crippen MR) is 102 cm³/mol. The minimum Gasteiger partial charge on any atom is -0.508 e. The molecule has 0 aromatic heterocycles. The van der Waals surface area contributed by atoms with Crippen molar-refractivity contribution in [3.63, 3.8) is 0 Å². The van der Waals surface area contributed by atoms with Gasteiger partial charge in [-0.2, -0.15) is 0 Å². The van der Waals surface area contributed by atoms with Crippen LogP contribution < -0.4 is 10.6 Å². The molecule has 8 nitrogen and oxygen atoms in total. The van der Waals surface area contributed by atoms with Crippen molar-refractivity contribution in [2.45, 2.75) is 51.9 Å². The van der Waals surface area contributed by atoms with Crippen LogP contribution in [0.5, 0.6) is 5.75 Å². The lowest BCUT2D eigenvalue weighted by Crippen LogP contribution is -2.49. The Morgan fingerprint density at radius 3 is 2.46 bits per heavy atom. The van der Waals surface area contributed by atoms with Crippen molar-refractivity contribution in [1.82, 2.24) is 10.6 Å². The summed E-state index contributed by atoms with van der Waals surface area (Å²) in [7, 11) is 0. The van der Waals surface area contributed by atoms with E-state index in [-0.39, 0.29) is 24.2 Å². The first-order valence-corrected chi connectivity index (χ1v) is 9.49. The summed E-state index contributed by atoms with van der Waals surface area (Å²) in [5.74, 6) is -0.960. The van der Waals surface area contributed by atoms with Gasteiger partial charge in [0.25, 0.3) is 5.91 Å². The number of phenols is 1. The van der Waals surface area contributed by atoms with Crippen LogP contribution >= 0.6 is 0 Å². The van der Waals surface area contributed by atoms with Crippen molar-refractivity contribution in [2.75, 3.05) is 13.2 Å². The number of amides is 2.